The van der Waals surface area contributed by atoms with E-state index in [-0.39, 0.29) is 23.1 Å². The highest BCUT2D eigenvalue weighted by molar-refractivity contribution is 6.33. The highest BCUT2D eigenvalue weighted by Gasteiger charge is 2.18. The van der Waals surface area contributed by atoms with Crippen molar-refractivity contribution in [1.29, 1.82) is 0 Å². The molecule has 0 aliphatic heterocycles. The average molecular weight is 398 g/mol. The van der Waals surface area contributed by atoms with Gasteiger partial charge < -0.3 is 14.8 Å². The number of amides is 1. The Morgan fingerprint density at radius 2 is 1.82 bits per heavy atom. The van der Waals surface area contributed by atoms with Crippen molar-refractivity contribution in [1.82, 2.24) is 0 Å². The quantitative estimate of drug-likeness (QED) is 0.589. The van der Waals surface area contributed by atoms with Crippen LogP contribution in [0.4, 0.5) is 5.69 Å². The van der Waals surface area contributed by atoms with Crippen molar-refractivity contribution in [2.45, 2.75) is 20.0 Å². The largest absolute Gasteiger partial charge is 0.480 e. The summed E-state index contributed by atoms with van der Waals surface area (Å²) in [5, 5.41) is 4.97. The van der Waals surface area contributed by atoms with Crippen LogP contribution in [0.2, 0.25) is 5.02 Å². The first kappa shape index (κ1) is 19.7. The van der Waals surface area contributed by atoms with Crippen LogP contribution in [0.1, 0.15) is 24.2 Å². The zero-order valence-corrected chi connectivity index (χ0v) is 16.3. The first-order valence-electron chi connectivity index (χ1n) is 8.91. The molecule has 0 saturated heterocycles. The molecule has 3 aromatic rings. The Balaban J connectivity index is 1.74. The number of anilines is 1. The van der Waals surface area contributed by atoms with Crippen LogP contribution in [0.15, 0.2) is 60.7 Å². The topological polar surface area (TPSA) is 64.6 Å². The Morgan fingerprint density at radius 3 is 2.61 bits per heavy atom. The minimum Gasteiger partial charge on any atom is -0.480 e. The first-order chi connectivity index (χ1) is 13.5. The van der Waals surface area contributed by atoms with Gasteiger partial charge in [0.2, 0.25) is 0 Å². The predicted octanol–water partition coefficient (Wildman–Crippen LogP) is 5.08. The van der Waals surface area contributed by atoms with Gasteiger partial charge in [0.1, 0.15) is 5.75 Å². The van der Waals surface area contributed by atoms with Crippen LogP contribution >= 0.6 is 11.6 Å². The molecule has 5 nitrogen and oxygen atoms in total. The van der Waals surface area contributed by atoms with Crippen LogP contribution in [0, 0.1) is 0 Å². The minimum absolute atomic E-state index is 0.198. The van der Waals surface area contributed by atoms with Crippen LogP contribution in [-0.2, 0) is 9.53 Å². The molecular weight excluding hydrogens is 378 g/mol. The summed E-state index contributed by atoms with van der Waals surface area (Å²) in [6.45, 7) is 3.62. The molecule has 0 unspecified atom stereocenters. The van der Waals surface area contributed by atoms with Gasteiger partial charge in [-0.25, -0.2) is 4.79 Å². The molecule has 0 spiro atoms. The minimum atomic E-state index is -0.743. The van der Waals surface area contributed by atoms with E-state index in [1.54, 1.807) is 26.0 Å². The maximum absolute atomic E-state index is 12.6. The van der Waals surface area contributed by atoms with Gasteiger partial charge in [-0.2, -0.15) is 0 Å². The number of esters is 1. The number of ether oxygens (including phenoxy) is 2. The number of carbonyl (C=O) groups excluding carboxylic acids is 2. The summed E-state index contributed by atoms with van der Waals surface area (Å²) < 4.78 is 10.8. The fourth-order valence-electron chi connectivity index (χ4n) is 2.75. The molecule has 0 saturated carbocycles. The Labute approximate surface area is 168 Å². The Hall–Kier alpha value is -3.05. The van der Waals surface area contributed by atoms with Crippen LogP contribution in [0.25, 0.3) is 10.8 Å². The second kappa shape index (κ2) is 8.76. The van der Waals surface area contributed by atoms with Gasteiger partial charge in [0.15, 0.2) is 6.10 Å². The summed E-state index contributed by atoms with van der Waals surface area (Å²) in [5.74, 6) is -0.252. The summed E-state index contributed by atoms with van der Waals surface area (Å²) in [6, 6.07) is 18.1. The van der Waals surface area contributed by atoms with E-state index >= 15 is 0 Å². The SMILES string of the molecule is CCOC(=O)c1cc(NC(=O)[C@H](C)Oc2cccc3ccccc23)ccc1Cl. The van der Waals surface area contributed by atoms with Gasteiger partial charge in [0, 0.05) is 11.1 Å². The lowest BCUT2D eigenvalue weighted by Gasteiger charge is -2.16. The van der Waals surface area contributed by atoms with Crippen molar-refractivity contribution in [2.75, 3.05) is 11.9 Å². The third-order valence-corrected chi connectivity index (χ3v) is 4.48. The second-order valence-corrected chi connectivity index (χ2v) is 6.55. The van der Waals surface area contributed by atoms with Crippen molar-refractivity contribution in [2.24, 2.45) is 0 Å². The Morgan fingerprint density at radius 1 is 1.07 bits per heavy atom. The van der Waals surface area contributed by atoms with Crippen molar-refractivity contribution < 1.29 is 19.1 Å². The van der Waals surface area contributed by atoms with E-state index in [1.165, 1.54) is 6.07 Å². The van der Waals surface area contributed by atoms with Crippen LogP contribution < -0.4 is 10.1 Å². The number of benzene rings is 3. The molecule has 1 amide bonds. The molecular formula is C22H20ClNO4. The molecule has 3 rings (SSSR count). The summed E-state index contributed by atoms with van der Waals surface area (Å²) in [5.41, 5.74) is 0.634. The van der Waals surface area contributed by atoms with E-state index in [9.17, 15) is 9.59 Å². The second-order valence-electron chi connectivity index (χ2n) is 6.14. The van der Waals surface area contributed by atoms with Gasteiger partial charge in [-0.1, -0.05) is 48.0 Å². The lowest BCUT2D eigenvalue weighted by atomic mass is 10.1. The molecule has 1 atom stereocenters. The molecule has 28 heavy (non-hydrogen) atoms. The number of halogens is 1. The first-order valence-corrected chi connectivity index (χ1v) is 9.29. The Kier molecular flexibility index (Phi) is 6.16. The van der Waals surface area contributed by atoms with Gasteiger partial charge in [-0.05, 0) is 43.5 Å². The molecule has 0 fully saturated rings. The average Bonchev–Trinajstić information content (AvgIpc) is 2.69. The summed E-state index contributed by atoms with van der Waals surface area (Å²) in [6.07, 6.45) is -0.743. The van der Waals surface area contributed by atoms with Crippen LogP contribution in [0.3, 0.4) is 0 Å². The molecule has 144 valence electrons. The monoisotopic (exact) mass is 397 g/mol. The maximum atomic E-state index is 12.6. The summed E-state index contributed by atoms with van der Waals surface area (Å²) in [7, 11) is 0. The zero-order chi connectivity index (χ0) is 20.1. The third-order valence-electron chi connectivity index (χ3n) is 4.15. The van der Waals surface area contributed by atoms with Crippen molar-refractivity contribution in [3.05, 3.63) is 71.2 Å². The van der Waals surface area contributed by atoms with E-state index in [0.717, 1.165) is 10.8 Å². The molecule has 6 heteroatoms. The fraction of sp³-hybridized carbons (Fsp3) is 0.182. The van der Waals surface area contributed by atoms with E-state index in [1.807, 2.05) is 42.5 Å². The van der Waals surface area contributed by atoms with Gasteiger partial charge in [-0.15, -0.1) is 0 Å². The molecule has 0 bridgehead atoms. The maximum Gasteiger partial charge on any atom is 0.339 e. The van der Waals surface area contributed by atoms with E-state index < -0.39 is 12.1 Å². The predicted molar refractivity (Wildman–Crippen MR) is 110 cm³/mol. The molecule has 1 N–H and O–H groups in total. The number of nitrogens with one attached hydrogen (secondary N) is 1. The molecule has 3 aromatic carbocycles. The van der Waals surface area contributed by atoms with E-state index in [4.69, 9.17) is 21.1 Å². The standard InChI is InChI=1S/C22H20ClNO4/c1-3-27-22(26)18-13-16(11-12-19(18)23)24-21(25)14(2)28-20-10-6-8-15-7-4-5-9-17(15)20/h4-14H,3H2,1-2H3,(H,24,25)/t14-/m0/s1. The molecule has 0 aromatic heterocycles. The van der Waals surface area contributed by atoms with Crippen LogP contribution in [0.5, 0.6) is 5.75 Å². The van der Waals surface area contributed by atoms with Gasteiger partial charge in [-0.3, -0.25) is 4.79 Å². The summed E-state index contributed by atoms with van der Waals surface area (Å²) >= 11 is 6.05. The van der Waals surface area contributed by atoms with Gasteiger partial charge >= 0.3 is 5.97 Å². The molecule has 0 heterocycles. The van der Waals surface area contributed by atoms with Crippen molar-refractivity contribution in [3.8, 4) is 5.75 Å². The number of hydrogen-bond acceptors (Lipinski definition) is 4. The lowest BCUT2D eigenvalue weighted by molar-refractivity contribution is -0.122. The highest BCUT2D eigenvalue weighted by Crippen LogP contribution is 2.26. The van der Waals surface area contributed by atoms with E-state index in [0.29, 0.717) is 11.4 Å². The molecule has 0 aliphatic rings. The van der Waals surface area contributed by atoms with Crippen molar-refractivity contribution in [3.63, 3.8) is 0 Å². The van der Waals surface area contributed by atoms with Crippen LogP contribution in [-0.4, -0.2) is 24.6 Å². The number of rotatable bonds is 6. The van der Waals surface area contributed by atoms with E-state index in [2.05, 4.69) is 5.32 Å². The lowest BCUT2D eigenvalue weighted by Crippen LogP contribution is -2.30. The zero-order valence-electron chi connectivity index (χ0n) is 15.6. The fourth-order valence-corrected chi connectivity index (χ4v) is 2.95. The molecule has 0 aliphatic carbocycles. The highest BCUT2D eigenvalue weighted by atomic mass is 35.5. The third kappa shape index (κ3) is 4.43. The van der Waals surface area contributed by atoms with Gasteiger partial charge in [0.25, 0.3) is 5.91 Å². The molecule has 0 radical (unpaired) electrons. The van der Waals surface area contributed by atoms with Crippen molar-refractivity contribution >= 4 is 39.9 Å². The smallest absolute Gasteiger partial charge is 0.339 e. The normalized spacial score (nSPS) is 11.7. The summed E-state index contributed by atoms with van der Waals surface area (Å²) in [4.78, 5) is 24.5. The number of carbonyl (C=O) groups is 2. The van der Waals surface area contributed by atoms with Gasteiger partial charge in [0.05, 0.1) is 17.2 Å². The number of fused-ring (bicyclic) bond motifs is 1. The Bertz CT molecular complexity index is 1010. The number of hydrogen-bond donors (Lipinski definition) is 1.